The first-order valence-electron chi connectivity index (χ1n) is 4.84. The van der Waals surface area contributed by atoms with Gasteiger partial charge in [0.15, 0.2) is 0 Å². The van der Waals surface area contributed by atoms with Crippen LogP contribution in [0.15, 0.2) is 24.3 Å². The number of carbonyl (C=O) groups excluding carboxylic acids is 1. The van der Waals surface area contributed by atoms with Crippen LogP contribution in [-0.4, -0.2) is 25.3 Å². The number of carbonyl (C=O) groups is 1. The second kappa shape index (κ2) is 4.57. The fourth-order valence-electron chi connectivity index (χ4n) is 1.57. The molecule has 0 aromatic heterocycles. The van der Waals surface area contributed by atoms with E-state index in [0.717, 1.165) is 23.6 Å². The molecule has 0 unspecified atom stereocenters. The van der Waals surface area contributed by atoms with Gasteiger partial charge in [-0.25, -0.2) is 0 Å². The molecular weight excluding hydrogens is 210 g/mol. The zero-order valence-electron chi connectivity index (χ0n) is 8.53. The van der Waals surface area contributed by atoms with E-state index in [1.807, 2.05) is 24.3 Å². The first-order valence-corrected chi connectivity index (χ1v) is 5.89. The standard InChI is InChI=1S/C11H13NO2S/c1-14-9-4-2-3-8(7-9)10-11(13)12-5-6-15-10/h2-4,7,10H,5-6H2,1H3,(H,12,13)/t10-/m1/s1. The molecule has 0 aliphatic carbocycles. The quantitative estimate of drug-likeness (QED) is 0.827. The summed E-state index contributed by atoms with van der Waals surface area (Å²) >= 11 is 1.68. The van der Waals surface area contributed by atoms with Crippen LogP contribution in [0, 0.1) is 0 Å². The Labute approximate surface area is 93.2 Å². The van der Waals surface area contributed by atoms with Gasteiger partial charge in [-0.1, -0.05) is 12.1 Å². The van der Waals surface area contributed by atoms with Crippen LogP contribution in [0.2, 0.25) is 0 Å². The zero-order valence-corrected chi connectivity index (χ0v) is 9.34. The second-order valence-electron chi connectivity index (χ2n) is 3.32. The Morgan fingerprint density at radius 3 is 3.13 bits per heavy atom. The summed E-state index contributed by atoms with van der Waals surface area (Å²) in [6.45, 7) is 0.768. The van der Waals surface area contributed by atoms with Gasteiger partial charge < -0.3 is 10.1 Å². The third kappa shape index (κ3) is 2.26. The summed E-state index contributed by atoms with van der Waals surface area (Å²) in [4.78, 5) is 11.6. The normalized spacial score (nSPS) is 20.9. The van der Waals surface area contributed by atoms with Gasteiger partial charge in [-0.05, 0) is 17.7 Å². The number of methoxy groups -OCH3 is 1. The third-order valence-corrected chi connectivity index (χ3v) is 3.58. The molecule has 0 spiro atoms. The predicted octanol–water partition coefficient (Wildman–Crippen LogP) is 1.60. The summed E-state index contributed by atoms with van der Waals surface area (Å²) in [5.74, 6) is 1.86. The van der Waals surface area contributed by atoms with Crippen LogP contribution in [0.3, 0.4) is 0 Å². The first kappa shape index (κ1) is 10.4. The van der Waals surface area contributed by atoms with E-state index in [1.165, 1.54) is 0 Å². The molecule has 15 heavy (non-hydrogen) atoms. The van der Waals surface area contributed by atoms with Crippen LogP contribution in [0.5, 0.6) is 5.75 Å². The van der Waals surface area contributed by atoms with E-state index >= 15 is 0 Å². The van der Waals surface area contributed by atoms with Gasteiger partial charge in [0.25, 0.3) is 0 Å². The second-order valence-corrected chi connectivity index (χ2v) is 4.53. The highest BCUT2D eigenvalue weighted by molar-refractivity contribution is 8.00. The van der Waals surface area contributed by atoms with Crippen molar-refractivity contribution in [1.29, 1.82) is 0 Å². The maximum absolute atomic E-state index is 11.6. The number of hydrogen-bond acceptors (Lipinski definition) is 3. The third-order valence-electron chi connectivity index (χ3n) is 2.32. The molecule has 1 aliphatic rings. The van der Waals surface area contributed by atoms with Crippen molar-refractivity contribution in [1.82, 2.24) is 5.32 Å². The Balaban J connectivity index is 2.23. The molecule has 1 heterocycles. The lowest BCUT2D eigenvalue weighted by Gasteiger charge is -2.21. The number of ether oxygens (including phenoxy) is 1. The predicted molar refractivity (Wildman–Crippen MR) is 61.2 cm³/mol. The van der Waals surface area contributed by atoms with Crippen molar-refractivity contribution < 1.29 is 9.53 Å². The molecule has 4 heteroatoms. The van der Waals surface area contributed by atoms with Gasteiger partial charge >= 0.3 is 0 Å². The number of benzene rings is 1. The summed E-state index contributed by atoms with van der Waals surface area (Å²) in [6.07, 6.45) is 0. The Morgan fingerprint density at radius 1 is 1.53 bits per heavy atom. The summed E-state index contributed by atoms with van der Waals surface area (Å²) < 4.78 is 5.14. The molecule has 1 aliphatic heterocycles. The first-order chi connectivity index (χ1) is 7.31. The van der Waals surface area contributed by atoms with Crippen molar-refractivity contribution in [2.24, 2.45) is 0 Å². The molecule has 1 atom stereocenters. The molecule has 80 valence electrons. The van der Waals surface area contributed by atoms with Gasteiger partial charge in [-0.2, -0.15) is 0 Å². The molecule has 3 nitrogen and oxygen atoms in total. The number of nitrogens with one attached hydrogen (secondary N) is 1. The molecule has 0 saturated carbocycles. The van der Waals surface area contributed by atoms with Gasteiger partial charge in [0.2, 0.25) is 5.91 Å². The lowest BCUT2D eigenvalue weighted by molar-refractivity contribution is -0.120. The van der Waals surface area contributed by atoms with Crippen LogP contribution < -0.4 is 10.1 Å². The Bertz CT molecular complexity index is 367. The van der Waals surface area contributed by atoms with Crippen LogP contribution in [0.4, 0.5) is 0 Å². The topological polar surface area (TPSA) is 38.3 Å². The fraction of sp³-hybridized carbons (Fsp3) is 0.364. The average Bonchev–Trinajstić information content (AvgIpc) is 2.30. The zero-order chi connectivity index (χ0) is 10.7. The summed E-state index contributed by atoms with van der Waals surface area (Å²) in [6, 6.07) is 7.68. The minimum absolute atomic E-state index is 0.0890. The molecule has 1 amide bonds. The van der Waals surface area contributed by atoms with Crippen molar-refractivity contribution in [3.8, 4) is 5.75 Å². The Kier molecular flexibility index (Phi) is 3.16. The van der Waals surface area contributed by atoms with E-state index in [2.05, 4.69) is 5.32 Å². The van der Waals surface area contributed by atoms with Gasteiger partial charge in [-0.3, -0.25) is 4.79 Å². The van der Waals surface area contributed by atoms with Crippen molar-refractivity contribution in [3.63, 3.8) is 0 Å². The van der Waals surface area contributed by atoms with Crippen molar-refractivity contribution in [2.45, 2.75) is 5.25 Å². The molecule has 1 saturated heterocycles. The molecule has 0 bridgehead atoms. The molecule has 0 radical (unpaired) electrons. The number of thioether (sulfide) groups is 1. The van der Waals surface area contributed by atoms with E-state index in [1.54, 1.807) is 18.9 Å². The van der Waals surface area contributed by atoms with Gasteiger partial charge in [0.05, 0.1) is 7.11 Å². The lowest BCUT2D eigenvalue weighted by atomic mass is 10.1. The monoisotopic (exact) mass is 223 g/mol. The van der Waals surface area contributed by atoms with E-state index in [-0.39, 0.29) is 11.2 Å². The van der Waals surface area contributed by atoms with Crippen LogP contribution in [-0.2, 0) is 4.79 Å². The minimum atomic E-state index is -0.0890. The van der Waals surface area contributed by atoms with Crippen LogP contribution in [0.25, 0.3) is 0 Å². The maximum Gasteiger partial charge on any atom is 0.237 e. The molecule has 2 rings (SSSR count). The molecule has 1 aromatic rings. The van der Waals surface area contributed by atoms with Gasteiger partial charge in [0.1, 0.15) is 11.0 Å². The highest BCUT2D eigenvalue weighted by Crippen LogP contribution is 2.32. The highest BCUT2D eigenvalue weighted by Gasteiger charge is 2.24. The van der Waals surface area contributed by atoms with Gasteiger partial charge in [-0.15, -0.1) is 11.8 Å². The van der Waals surface area contributed by atoms with Gasteiger partial charge in [0, 0.05) is 12.3 Å². The van der Waals surface area contributed by atoms with Crippen molar-refractivity contribution in [3.05, 3.63) is 29.8 Å². The van der Waals surface area contributed by atoms with E-state index < -0.39 is 0 Å². The minimum Gasteiger partial charge on any atom is -0.497 e. The van der Waals surface area contributed by atoms with E-state index in [4.69, 9.17) is 4.74 Å². The Hall–Kier alpha value is -1.16. The average molecular weight is 223 g/mol. The lowest BCUT2D eigenvalue weighted by Crippen LogP contribution is -2.34. The number of hydrogen-bond donors (Lipinski definition) is 1. The summed E-state index contributed by atoms with van der Waals surface area (Å²) in [5.41, 5.74) is 1.01. The number of rotatable bonds is 2. The highest BCUT2D eigenvalue weighted by atomic mass is 32.2. The maximum atomic E-state index is 11.6. The molecule has 1 aromatic carbocycles. The Morgan fingerprint density at radius 2 is 2.40 bits per heavy atom. The summed E-state index contributed by atoms with van der Waals surface area (Å²) in [7, 11) is 1.63. The van der Waals surface area contributed by atoms with Crippen LogP contribution >= 0.6 is 11.8 Å². The SMILES string of the molecule is COc1cccc([C@H]2SCCNC2=O)c1. The molecule has 1 fully saturated rings. The fourth-order valence-corrected chi connectivity index (χ4v) is 2.60. The largest absolute Gasteiger partial charge is 0.497 e. The van der Waals surface area contributed by atoms with E-state index in [9.17, 15) is 4.79 Å². The van der Waals surface area contributed by atoms with Crippen LogP contribution in [0.1, 0.15) is 10.8 Å². The van der Waals surface area contributed by atoms with E-state index in [0.29, 0.717) is 0 Å². The number of amides is 1. The van der Waals surface area contributed by atoms with Crippen molar-refractivity contribution >= 4 is 17.7 Å². The molecular formula is C11H13NO2S. The van der Waals surface area contributed by atoms with Crippen molar-refractivity contribution in [2.75, 3.05) is 19.4 Å². The smallest absolute Gasteiger partial charge is 0.237 e. The summed E-state index contributed by atoms with van der Waals surface area (Å²) in [5, 5.41) is 2.78. The molecule has 1 N–H and O–H groups in total.